The predicted molar refractivity (Wildman–Crippen MR) is 126 cm³/mol. The van der Waals surface area contributed by atoms with Crippen molar-refractivity contribution < 1.29 is 4.79 Å². The van der Waals surface area contributed by atoms with Crippen LogP contribution < -0.4 is 0 Å². The van der Waals surface area contributed by atoms with Gasteiger partial charge in [-0.1, -0.05) is 104 Å². The predicted octanol–water partition coefficient (Wildman–Crippen LogP) is 8.33. The zero-order chi connectivity index (χ0) is 20.7. The van der Waals surface area contributed by atoms with Gasteiger partial charge < -0.3 is 9.69 Å². The molecular formula is C26H53NO. The molecule has 0 aromatic heterocycles. The average molecular weight is 396 g/mol. The number of unbranched alkanes of at least 4 members (excludes halogenated alkanes) is 15. The van der Waals surface area contributed by atoms with Gasteiger partial charge in [0.05, 0.1) is 0 Å². The van der Waals surface area contributed by atoms with Crippen LogP contribution in [0.25, 0.3) is 0 Å². The number of hydrogen-bond donors (Lipinski definition) is 0. The van der Waals surface area contributed by atoms with Crippen LogP contribution in [0.4, 0.5) is 0 Å². The SMILES string of the molecule is CCCCCCCCN(CCCCCCCC)CCCCCCCCC(C)=O. The molecule has 28 heavy (non-hydrogen) atoms. The fourth-order valence-corrected chi connectivity index (χ4v) is 3.98. The largest absolute Gasteiger partial charge is 0.303 e. The Bertz CT molecular complexity index is 300. The number of hydrogen-bond acceptors (Lipinski definition) is 2. The molecule has 0 aromatic rings. The molecule has 0 bridgehead atoms. The van der Waals surface area contributed by atoms with Gasteiger partial charge in [-0.25, -0.2) is 0 Å². The lowest BCUT2D eigenvalue weighted by atomic mass is 10.1. The van der Waals surface area contributed by atoms with Crippen molar-refractivity contribution in [2.45, 2.75) is 143 Å². The van der Waals surface area contributed by atoms with Crippen molar-refractivity contribution in [2.24, 2.45) is 0 Å². The summed E-state index contributed by atoms with van der Waals surface area (Å²) in [5.41, 5.74) is 0. The third-order valence-corrected chi connectivity index (χ3v) is 5.91. The van der Waals surface area contributed by atoms with Crippen molar-refractivity contribution in [2.75, 3.05) is 19.6 Å². The Balaban J connectivity index is 3.80. The normalized spacial score (nSPS) is 11.4. The molecule has 0 spiro atoms. The fraction of sp³-hybridized carbons (Fsp3) is 0.962. The fourth-order valence-electron chi connectivity index (χ4n) is 3.98. The quantitative estimate of drug-likeness (QED) is 0.162. The molecule has 2 nitrogen and oxygen atoms in total. The minimum atomic E-state index is 0.347. The molecular weight excluding hydrogens is 342 g/mol. The molecule has 0 aromatic carbocycles. The van der Waals surface area contributed by atoms with Crippen LogP contribution in [-0.2, 0) is 4.79 Å². The number of carbonyl (C=O) groups excluding carboxylic acids is 1. The standard InChI is InChI=1S/C26H53NO/c1-4-6-8-10-15-19-23-27(24-20-16-11-9-7-5-2)25-21-17-13-12-14-18-22-26(3)28/h4-25H2,1-3H3. The van der Waals surface area contributed by atoms with E-state index in [9.17, 15) is 4.79 Å². The van der Waals surface area contributed by atoms with Crippen LogP contribution in [0.15, 0.2) is 0 Å². The molecule has 0 saturated carbocycles. The van der Waals surface area contributed by atoms with Gasteiger partial charge >= 0.3 is 0 Å². The Morgan fingerprint density at radius 3 is 1.18 bits per heavy atom. The van der Waals surface area contributed by atoms with E-state index < -0.39 is 0 Å². The molecule has 0 rings (SSSR count). The van der Waals surface area contributed by atoms with Crippen LogP contribution in [-0.4, -0.2) is 30.3 Å². The van der Waals surface area contributed by atoms with E-state index in [1.54, 1.807) is 6.92 Å². The van der Waals surface area contributed by atoms with Crippen LogP contribution in [0.3, 0.4) is 0 Å². The minimum absolute atomic E-state index is 0.347. The summed E-state index contributed by atoms with van der Waals surface area (Å²) in [5, 5.41) is 0. The molecule has 0 saturated heterocycles. The number of nitrogens with zero attached hydrogens (tertiary/aromatic N) is 1. The third-order valence-electron chi connectivity index (χ3n) is 5.91. The third kappa shape index (κ3) is 21.9. The average Bonchev–Trinajstić information content (AvgIpc) is 2.68. The molecule has 0 aliphatic heterocycles. The second-order valence-electron chi connectivity index (χ2n) is 8.95. The maximum atomic E-state index is 11.0. The highest BCUT2D eigenvalue weighted by Crippen LogP contribution is 2.12. The second kappa shape index (κ2) is 22.9. The van der Waals surface area contributed by atoms with Crippen molar-refractivity contribution in [3.05, 3.63) is 0 Å². The van der Waals surface area contributed by atoms with Gasteiger partial charge in [0.25, 0.3) is 0 Å². The Morgan fingerprint density at radius 2 is 0.821 bits per heavy atom. The zero-order valence-electron chi connectivity index (χ0n) is 19.9. The first-order valence-corrected chi connectivity index (χ1v) is 12.9. The number of ketones is 1. The van der Waals surface area contributed by atoms with E-state index in [-0.39, 0.29) is 0 Å². The van der Waals surface area contributed by atoms with Crippen molar-refractivity contribution in [3.8, 4) is 0 Å². The molecule has 0 fully saturated rings. The molecule has 0 atom stereocenters. The Morgan fingerprint density at radius 1 is 0.500 bits per heavy atom. The molecule has 0 unspecified atom stereocenters. The first-order chi connectivity index (χ1) is 13.7. The summed E-state index contributed by atoms with van der Waals surface area (Å²) in [4.78, 5) is 13.7. The Hall–Kier alpha value is -0.370. The van der Waals surface area contributed by atoms with Crippen molar-refractivity contribution in [1.29, 1.82) is 0 Å². The van der Waals surface area contributed by atoms with E-state index in [0.29, 0.717) is 5.78 Å². The Labute approximate surface area is 178 Å². The van der Waals surface area contributed by atoms with Gasteiger partial charge in [-0.2, -0.15) is 0 Å². The number of rotatable bonds is 23. The van der Waals surface area contributed by atoms with Crippen LogP contribution >= 0.6 is 0 Å². The van der Waals surface area contributed by atoms with E-state index in [1.165, 1.54) is 129 Å². The number of Topliss-reactive ketones (excluding diaryl/α,β-unsaturated/α-hetero) is 1. The van der Waals surface area contributed by atoms with Gasteiger partial charge in [-0.3, -0.25) is 0 Å². The molecule has 0 aliphatic carbocycles. The van der Waals surface area contributed by atoms with E-state index in [2.05, 4.69) is 18.7 Å². The van der Waals surface area contributed by atoms with E-state index in [4.69, 9.17) is 0 Å². The summed E-state index contributed by atoms with van der Waals surface area (Å²) in [7, 11) is 0. The highest BCUT2D eigenvalue weighted by atomic mass is 16.1. The highest BCUT2D eigenvalue weighted by molar-refractivity contribution is 5.75. The first kappa shape index (κ1) is 27.6. The lowest BCUT2D eigenvalue weighted by Gasteiger charge is -2.22. The summed E-state index contributed by atoms with van der Waals surface area (Å²) in [6, 6.07) is 0. The van der Waals surface area contributed by atoms with E-state index in [1.807, 2.05) is 0 Å². The van der Waals surface area contributed by atoms with Crippen molar-refractivity contribution in [1.82, 2.24) is 4.90 Å². The molecule has 0 radical (unpaired) electrons. The van der Waals surface area contributed by atoms with Crippen LogP contribution in [0.5, 0.6) is 0 Å². The van der Waals surface area contributed by atoms with E-state index in [0.717, 1.165) is 12.8 Å². The summed E-state index contributed by atoms with van der Waals surface area (Å²) < 4.78 is 0. The second-order valence-corrected chi connectivity index (χ2v) is 8.95. The maximum absolute atomic E-state index is 11.0. The van der Waals surface area contributed by atoms with Crippen LogP contribution in [0, 0.1) is 0 Å². The van der Waals surface area contributed by atoms with Gasteiger partial charge in [0.1, 0.15) is 5.78 Å². The summed E-state index contributed by atoms with van der Waals surface area (Å²) in [5.74, 6) is 0.347. The van der Waals surface area contributed by atoms with Gasteiger partial charge in [0.15, 0.2) is 0 Å². The lowest BCUT2D eigenvalue weighted by molar-refractivity contribution is -0.117. The van der Waals surface area contributed by atoms with Gasteiger partial charge in [-0.05, 0) is 52.2 Å². The molecule has 0 amide bonds. The molecule has 0 N–H and O–H groups in total. The Kier molecular flexibility index (Phi) is 22.6. The first-order valence-electron chi connectivity index (χ1n) is 12.9. The smallest absolute Gasteiger partial charge is 0.129 e. The summed E-state index contributed by atoms with van der Waals surface area (Å²) in [6.45, 7) is 10.2. The zero-order valence-corrected chi connectivity index (χ0v) is 19.9. The lowest BCUT2D eigenvalue weighted by Crippen LogP contribution is -2.27. The molecule has 0 heterocycles. The summed E-state index contributed by atoms with van der Waals surface area (Å²) in [6.07, 6.45) is 25.3. The van der Waals surface area contributed by atoms with Crippen LogP contribution in [0.2, 0.25) is 0 Å². The molecule has 2 heteroatoms. The van der Waals surface area contributed by atoms with Gasteiger partial charge in [0.2, 0.25) is 0 Å². The number of carbonyl (C=O) groups is 1. The van der Waals surface area contributed by atoms with E-state index >= 15 is 0 Å². The molecule has 168 valence electrons. The van der Waals surface area contributed by atoms with Gasteiger partial charge in [-0.15, -0.1) is 0 Å². The van der Waals surface area contributed by atoms with Crippen molar-refractivity contribution >= 4 is 5.78 Å². The maximum Gasteiger partial charge on any atom is 0.129 e. The highest BCUT2D eigenvalue weighted by Gasteiger charge is 2.05. The van der Waals surface area contributed by atoms with Gasteiger partial charge in [0, 0.05) is 6.42 Å². The molecule has 0 aliphatic rings. The monoisotopic (exact) mass is 395 g/mol. The minimum Gasteiger partial charge on any atom is -0.303 e. The van der Waals surface area contributed by atoms with Crippen LogP contribution in [0.1, 0.15) is 143 Å². The van der Waals surface area contributed by atoms with Crippen molar-refractivity contribution in [3.63, 3.8) is 0 Å². The summed E-state index contributed by atoms with van der Waals surface area (Å²) >= 11 is 0. The topological polar surface area (TPSA) is 20.3 Å².